The van der Waals surface area contributed by atoms with Gasteiger partial charge >= 0.3 is 0 Å². The maximum atomic E-state index is 13.4. The van der Waals surface area contributed by atoms with Crippen LogP contribution in [0.2, 0.25) is 0 Å². The van der Waals surface area contributed by atoms with E-state index in [1.54, 1.807) is 18.3 Å². The Balaban J connectivity index is 1.49. The quantitative estimate of drug-likeness (QED) is 0.166. The zero-order valence-corrected chi connectivity index (χ0v) is 25.5. The summed E-state index contributed by atoms with van der Waals surface area (Å²) in [5, 5.41) is 4.13. The number of carbonyl (C=O) groups excluding carboxylic acids is 1. The number of aryl methyl sites for hydroxylation is 1. The van der Waals surface area contributed by atoms with E-state index in [1.807, 2.05) is 74.5 Å². The highest BCUT2D eigenvalue weighted by Crippen LogP contribution is 2.23. The number of hydrazone groups is 1. The molecule has 1 heterocycles. The van der Waals surface area contributed by atoms with Crippen molar-refractivity contribution in [3.8, 4) is 5.69 Å². The summed E-state index contributed by atoms with van der Waals surface area (Å²) in [5.41, 5.74) is 7.31. The number of amides is 1. The minimum atomic E-state index is -3.91. The summed E-state index contributed by atoms with van der Waals surface area (Å²) >= 11 is 6.85. The molecule has 0 saturated carbocycles. The van der Waals surface area contributed by atoms with Crippen LogP contribution in [0.5, 0.6) is 0 Å². The highest BCUT2D eigenvalue weighted by Gasteiger charge is 2.26. The van der Waals surface area contributed by atoms with Crippen LogP contribution in [0.25, 0.3) is 5.69 Å². The molecule has 0 aliphatic carbocycles. The highest BCUT2D eigenvalue weighted by molar-refractivity contribution is 9.10. The lowest BCUT2D eigenvalue weighted by atomic mass is 10.1. The van der Waals surface area contributed by atoms with Gasteiger partial charge in [0.15, 0.2) is 0 Å². The molecule has 4 rings (SSSR count). The minimum absolute atomic E-state index is 0.120. The van der Waals surface area contributed by atoms with E-state index in [4.69, 9.17) is 0 Å². The molecule has 202 valence electrons. The van der Waals surface area contributed by atoms with Crippen molar-refractivity contribution >= 4 is 54.0 Å². The Morgan fingerprint density at radius 1 is 0.949 bits per heavy atom. The third kappa shape index (κ3) is 7.33. The van der Waals surface area contributed by atoms with Gasteiger partial charge in [0.05, 0.1) is 17.7 Å². The first kappa shape index (κ1) is 28.9. The standard InChI is InChI=1S/C29H28Br2N4O3S/c1-21-17-24(22(2)35(21)27-10-6-9-26(31)18-27)19-32-33-29(36)20-34(16-15-23-7-4-3-5-8-23)39(37,38)28-13-11-25(30)12-14-28/h3-14,17-19H,15-16,20H2,1-2H3,(H,33,36)/b32-19+. The summed E-state index contributed by atoms with van der Waals surface area (Å²) < 4.78 is 31.9. The predicted molar refractivity (Wildman–Crippen MR) is 162 cm³/mol. The fourth-order valence-corrected chi connectivity index (χ4v) is 6.29. The lowest BCUT2D eigenvalue weighted by molar-refractivity contribution is -0.121. The second-order valence-corrected chi connectivity index (χ2v) is 12.7. The normalized spacial score (nSPS) is 11.8. The lowest BCUT2D eigenvalue weighted by Crippen LogP contribution is -2.40. The van der Waals surface area contributed by atoms with E-state index in [2.05, 4.69) is 47.0 Å². The molecule has 0 atom stereocenters. The zero-order valence-electron chi connectivity index (χ0n) is 21.5. The Kier molecular flexibility index (Phi) is 9.55. The number of benzene rings is 3. The van der Waals surface area contributed by atoms with Gasteiger partial charge in [0.1, 0.15) is 0 Å². The summed E-state index contributed by atoms with van der Waals surface area (Å²) in [4.78, 5) is 13.0. The molecule has 0 radical (unpaired) electrons. The predicted octanol–water partition coefficient (Wildman–Crippen LogP) is 6.00. The molecule has 0 saturated heterocycles. The average Bonchev–Trinajstić information content (AvgIpc) is 3.19. The van der Waals surface area contributed by atoms with Crippen LogP contribution < -0.4 is 5.43 Å². The average molecular weight is 672 g/mol. The number of rotatable bonds is 10. The summed E-state index contributed by atoms with van der Waals surface area (Å²) in [6, 6.07) is 25.9. The largest absolute Gasteiger partial charge is 0.318 e. The molecule has 1 N–H and O–H groups in total. The molecule has 0 aliphatic heterocycles. The molecule has 7 nitrogen and oxygen atoms in total. The van der Waals surface area contributed by atoms with Gasteiger partial charge in [0.25, 0.3) is 5.91 Å². The van der Waals surface area contributed by atoms with Crippen molar-refractivity contribution in [2.24, 2.45) is 5.10 Å². The first-order chi connectivity index (χ1) is 18.6. The van der Waals surface area contributed by atoms with Crippen molar-refractivity contribution in [2.75, 3.05) is 13.1 Å². The van der Waals surface area contributed by atoms with Crippen molar-refractivity contribution < 1.29 is 13.2 Å². The lowest BCUT2D eigenvalue weighted by Gasteiger charge is -2.21. The van der Waals surface area contributed by atoms with E-state index in [-0.39, 0.29) is 18.0 Å². The summed E-state index contributed by atoms with van der Waals surface area (Å²) in [6.07, 6.45) is 2.04. The van der Waals surface area contributed by atoms with Crippen LogP contribution in [0.3, 0.4) is 0 Å². The first-order valence-corrected chi connectivity index (χ1v) is 15.2. The Labute approximate surface area is 245 Å². The van der Waals surface area contributed by atoms with Crippen molar-refractivity contribution in [1.29, 1.82) is 0 Å². The molecule has 1 aromatic heterocycles. The van der Waals surface area contributed by atoms with E-state index in [1.165, 1.54) is 16.4 Å². The van der Waals surface area contributed by atoms with E-state index in [0.29, 0.717) is 6.42 Å². The third-order valence-electron chi connectivity index (χ3n) is 6.19. The number of nitrogens with zero attached hydrogens (tertiary/aromatic N) is 3. The fraction of sp³-hybridized carbons (Fsp3) is 0.172. The van der Waals surface area contributed by atoms with Gasteiger partial charge in [0.2, 0.25) is 10.0 Å². The Bertz CT molecular complexity index is 1580. The Morgan fingerprint density at radius 2 is 1.67 bits per heavy atom. The third-order valence-corrected chi connectivity index (χ3v) is 9.07. The molecule has 0 aliphatic rings. The summed E-state index contributed by atoms with van der Waals surface area (Å²) in [7, 11) is -3.91. The van der Waals surface area contributed by atoms with E-state index >= 15 is 0 Å². The molecule has 0 bridgehead atoms. The van der Waals surface area contributed by atoms with Crippen LogP contribution in [0.1, 0.15) is 22.5 Å². The molecule has 3 aromatic carbocycles. The number of halogens is 2. The van der Waals surface area contributed by atoms with Gasteiger partial charge in [-0.15, -0.1) is 0 Å². The van der Waals surface area contributed by atoms with Crippen molar-refractivity contribution in [3.63, 3.8) is 0 Å². The van der Waals surface area contributed by atoms with Gasteiger partial charge in [-0.3, -0.25) is 4.79 Å². The summed E-state index contributed by atoms with van der Waals surface area (Å²) in [6.45, 7) is 3.77. The Hall–Kier alpha value is -3.05. The Morgan fingerprint density at radius 3 is 2.36 bits per heavy atom. The SMILES string of the molecule is Cc1cc(/C=N/NC(=O)CN(CCc2ccccc2)S(=O)(=O)c2ccc(Br)cc2)c(C)n1-c1cccc(Br)c1. The van der Waals surface area contributed by atoms with Gasteiger partial charge in [-0.25, -0.2) is 13.8 Å². The maximum absolute atomic E-state index is 13.4. The molecule has 0 spiro atoms. The van der Waals surface area contributed by atoms with Crippen LogP contribution >= 0.6 is 31.9 Å². The van der Waals surface area contributed by atoms with Crippen molar-refractivity contribution in [1.82, 2.24) is 14.3 Å². The number of hydrogen-bond acceptors (Lipinski definition) is 4. The maximum Gasteiger partial charge on any atom is 0.255 e. The van der Waals surface area contributed by atoms with Crippen molar-refractivity contribution in [2.45, 2.75) is 25.2 Å². The smallest absolute Gasteiger partial charge is 0.255 e. The number of hydrogen-bond donors (Lipinski definition) is 1. The van der Waals surface area contributed by atoms with Gasteiger partial charge < -0.3 is 4.57 Å². The number of nitrogens with one attached hydrogen (secondary N) is 1. The molecule has 39 heavy (non-hydrogen) atoms. The minimum Gasteiger partial charge on any atom is -0.318 e. The van der Waals surface area contributed by atoms with Gasteiger partial charge in [-0.1, -0.05) is 68.3 Å². The van der Waals surface area contributed by atoms with Gasteiger partial charge in [-0.2, -0.15) is 9.41 Å². The monoisotopic (exact) mass is 670 g/mol. The van der Waals surface area contributed by atoms with E-state index in [9.17, 15) is 13.2 Å². The summed E-state index contributed by atoms with van der Waals surface area (Å²) in [5.74, 6) is -0.527. The first-order valence-electron chi connectivity index (χ1n) is 12.2. The zero-order chi connectivity index (χ0) is 28.0. The van der Waals surface area contributed by atoms with Crippen molar-refractivity contribution in [3.05, 3.63) is 116 Å². The van der Waals surface area contributed by atoms with Crippen LogP contribution in [0, 0.1) is 13.8 Å². The molecular formula is C29H28Br2N4O3S. The number of carbonyl (C=O) groups is 1. The topological polar surface area (TPSA) is 83.8 Å². The molecule has 1 amide bonds. The van der Waals surface area contributed by atoms with Crippen LogP contribution in [0.4, 0.5) is 0 Å². The fourth-order valence-electron chi connectivity index (χ4n) is 4.24. The van der Waals surface area contributed by atoms with Crippen LogP contribution in [0.15, 0.2) is 104 Å². The number of aromatic nitrogens is 1. The molecular weight excluding hydrogens is 644 g/mol. The second kappa shape index (κ2) is 12.9. The molecule has 0 unspecified atom stereocenters. The van der Waals surface area contributed by atoms with Crippen LogP contribution in [-0.2, 0) is 21.2 Å². The highest BCUT2D eigenvalue weighted by atomic mass is 79.9. The van der Waals surface area contributed by atoms with Crippen LogP contribution in [-0.4, -0.2) is 42.5 Å². The second-order valence-electron chi connectivity index (χ2n) is 8.96. The van der Waals surface area contributed by atoms with E-state index in [0.717, 1.165) is 37.1 Å². The van der Waals surface area contributed by atoms with E-state index < -0.39 is 15.9 Å². The molecule has 0 fully saturated rings. The molecule has 10 heteroatoms. The van der Waals surface area contributed by atoms with Gasteiger partial charge in [-0.05, 0) is 74.4 Å². The molecule has 4 aromatic rings. The van der Waals surface area contributed by atoms with Gasteiger partial charge in [0, 0.05) is 38.1 Å². The number of sulfonamides is 1.